The smallest absolute Gasteiger partial charge is 0.319 e. The maximum absolute atomic E-state index is 11.4. The van der Waals surface area contributed by atoms with Crippen molar-refractivity contribution in [2.24, 2.45) is 0 Å². The Morgan fingerprint density at radius 3 is 2.44 bits per heavy atom. The van der Waals surface area contributed by atoms with Crippen LogP contribution in [0.4, 0.5) is 0 Å². The predicted molar refractivity (Wildman–Crippen MR) is 123 cm³/mol. The fraction of sp³-hybridized carbons (Fsp3) is 0.440. The Kier molecular flexibility index (Phi) is 6.77. The topological polar surface area (TPSA) is 76.9 Å². The fourth-order valence-corrected chi connectivity index (χ4v) is 4.22. The molecule has 3 aromatic rings. The van der Waals surface area contributed by atoms with Crippen LogP contribution in [0.5, 0.6) is 17.6 Å². The second-order valence-electron chi connectivity index (χ2n) is 8.09. The lowest BCUT2D eigenvalue weighted by atomic mass is 9.85. The van der Waals surface area contributed by atoms with Crippen LogP contribution in [0.3, 0.4) is 0 Å². The number of aliphatic hydroxyl groups is 1. The van der Waals surface area contributed by atoms with Gasteiger partial charge in [-0.25, -0.2) is 4.98 Å². The van der Waals surface area contributed by atoms with Gasteiger partial charge in [-0.15, -0.1) is 0 Å². The van der Waals surface area contributed by atoms with Gasteiger partial charge < -0.3 is 19.3 Å². The van der Waals surface area contributed by atoms with E-state index in [9.17, 15) is 5.11 Å². The van der Waals surface area contributed by atoms with Gasteiger partial charge in [0.1, 0.15) is 5.75 Å². The Morgan fingerprint density at radius 2 is 1.72 bits per heavy atom. The minimum absolute atomic E-state index is 0.273. The first kappa shape index (κ1) is 22.3. The number of aromatic nitrogens is 2. The quantitative estimate of drug-likeness (QED) is 0.572. The number of hydrogen-bond acceptors (Lipinski definition) is 7. The van der Waals surface area contributed by atoms with Gasteiger partial charge in [-0.05, 0) is 61.2 Å². The molecule has 1 N–H and O–H groups in total. The van der Waals surface area contributed by atoms with Crippen LogP contribution < -0.4 is 14.2 Å². The Balaban J connectivity index is 1.45. The minimum atomic E-state index is -1.01. The monoisotopic (exact) mass is 437 g/mol. The van der Waals surface area contributed by atoms with Crippen molar-refractivity contribution in [3.63, 3.8) is 0 Å². The number of fused-ring (bicyclic) bond motifs is 1. The van der Waals surface area contributed by atoms with E-state index in [1.165, 1.54) is 16.3 Å². The molecule has 0 amide bonds. The predicted octanol–water partition coefficient (Wildman–Crippen LogP) is 3.92. The number of piperidine rings is 1. The molecule has 4 rings (SSSR count). The zero-order valence-electron chi connectivity index (χ0n) is 19.0. The van der Waals surface area contributed by atoms with Crippen LogP contribution in [0.2, 0.25) is 0 Å². The molecule has 1 aliphatic rings. The van der Waals surface area contributed by atoms with E-state index < -0.39 is 5.60 Å². The molecule has 7 nitrogen and oxygen atoms in total. The Morgan fingerprint density at radius 1 is 1.00 bits per heavy atom. The Bertz CT molecular complexity index is 1060. The average Bonchev–Trinajstić information content (AvgIpc) is 2.81. The van der Waals surface area contributed by atoms with E-state index in [4.69, 9.17) is 14.2 Å². The normalized spacial score (nSPS) is 16.1. The summed E-state index contributed by atoms with van der Waals surface area (Å²) in [6.45, 7) is 7.12. The minimum Gasteiger partial charge on any atom is -0.497 e. The molecular weight excluding hydrogens is 406 g/mol. The molecule has 1 fully saturated rings. The average molecular weight is 438 g/mol. The fourth-order valence-electron chi connectivity index (χ4n) is 4.22. The second-order valence-corrected chi connectivity index (χ2v) is 8.09. The van der Waals surface area contributed by atoms with Crippen LogP contribution in [-0.4, -0.2) is 53.4 Å². The first-order valence-corrected chi connectivity index (χ1v) is 11.2. The van der Waals surface area contributed by atoms with Crippen LogP contribution in [0, 0.1) is 0 Å². The lowest BCUT2D eigenvalue weighted by Crippen LogP contribution is -2.42. The van der Waals surface area contributed by atoms with E-state index in [2.05, 4.69) is 45.2 Å². The highest BCUT2D eigenvalue weighted by Crippen LogP contribution is 2.38. The first-order chi connectivity index (χ1) is 15.5. The highest BCUT2D eigenvalue weighted by atomic mass is 16.5. The molecule has 7 heteroatoms. The molecule has 0 unspecified atom stereocenters. The van der Waals surface area contributed by atoms with Crippen molar-refractivity contribution in [3.8, 4) is 17.6 Å². The molecule has 0 spiro atoms. The van der Waals surface area contributed by atoms with Crippen molar-refractivity contribution in [2.45, 2.75) is 38.8 Å². The molecule has 32 heavy (non-hydrogen) atoms. The largest absolute Gasteiger partial charge is 0.497 e. The summed E-state index contributed by atoms with van der Waals surface area (Å²) in [6.07, 6.45) is 2.83. The summed E-state index contributed by atoms with van der Waals surface area (Å²) in [7, 11) is 1.68. The van der Waals surface area contributed by atoms with Crippen LogP contribution in [-0.2, 0) is 12.1 Å². The van der Waals surface area contributed by atoms with E-state index in [1.54, 1.807) is 13.3 Å². The standard InChI is InChI=1S/C25H31N3O4/c1-4-31-23-22(16-26-24(27-23)32-5-2)25(29)10-12-28(13-11-25)17-18-6-7-20-15-21(30-3)9-8-19(20)14-18/h6-9,14-16,29H,4-5,10-13,17H2,1-3H3. The summed E-state index contributed by atoms with van der Waals surface area (Å²) >= 11 is 0. The van der Waals surface area contributed by atoms with Gasteiger partial charge in [-0.1, -0.05) is 18.2 Å². The number of hydrogen-bond donors (Lipinski definition) is 1. The maximum atomic E-state index is 11.4. The molecule has 1 aromatic heterocycles. The summed E-state index contributed by atoms with van der Waals surface area (Å²) in [6, 6.07) is 12.9. The third kappa shape index (κ3) is 4.79. The molecule has 0 radical (unpaired) electrons. The van der Waals surface area contributed by atoms with Gasteiger partial charge in [-0.2, -0.15) is 4.98 Å². The molecule has 170 valence electrons. The highest BCUT2D eigenvalue weighted by Gasteiger charge is 2.37. The van der Waals surface area contributed by atoms with E-state index >= 15 is 0 Å². The van der Waals surface area contributed by atoms with Crippen LogP contribution in [0.25, 0.3) is 10.8 Å². The van der Waals surface area contributed by atoms with E-state index in [-0.39, 0.29) is 6.01 Å². The molecule has 2 aromatic carbocycles. The Labute approximate surface area is 189 Å². The Hall–Kier alpha value is -2.90. The van der Waals surface area contributed by atoms with Gasteiger partial charge in [0.25, 0.3) is 0 Å². The molecule has 1 saturated heterocycles. The molecule has 1 aliphatic heterocycles. The van der Waals surface area contributed by atoms with E-state index in [0.717, 1.165) is 25.4 Å². The van der Waals surface area contributed by atoms with Gasteiger partial charge in [-0.3, -0.25) is 4.90 Å². The van der Waals surface area contributed by atoms with Crippen molar-refractivity contribution in [3.05, 3.63) is 53.7 Å². The summed E-state index contributed by atoms with van der Waals surface area (Å²) in [5.74, 6) is 1.28. The summed E-state index contributed by atoms with van der Waals surface area (Å²) in [5.41, 5.74) is 0.890. The van der Waals surface area contributed by atoms with Crippen LogP contribution in [0.15, 0.2) is 42.6 Å². The molecule has 0 atom stereocenters. The summed E-state index contributed by atoms with van der Waals surface area (Å²) in [5, 5.41) is 13.8. The van der Waals surface area contributed by atoms with E-state index in [1.807, 2.05) is 19.9 Å². The van der Waals surface area contributed by atoms with Crippen LogP contribution >= 0.6 is 0 Å². The van der Waals surface area contributed by atoms with Crippen molar-refractivity contribution in [2.75, 3.05) is 33.4 Å². The number of methoxy groups -OCH3 is 1. The molecule has 2 heterocycles. The van der Waals surface area contributed by atoms with Crippen molar-refractivity contribution in [1.29, 1.82) is 0 Å². The van der Waals surface area contributed by atoms with Crippen molar-refractivity contribution < 1.29 is 19.3 Å². The zero-order valence-corrected chi connectivity index (χ0v) is 19.0. The number of benzene rings is 2. The van der Waals surface area contributed by atoms with Gasteiger partial charge in [0.2, 0.25) is 5.88 Å². The molecular formula is C25H31N3O4. The van der Waals surface area contributed by atoms with Gasteiger partial charge in [0.05, 0.1) is 31.5 Å². The lowest BCUT2D eigenvalue weighted by Gasteiger charge is -2.38. The van der Waals surface area contributed by atoms with E-state index in [0.29, 0.717) is 37.5 Å². The van der Waals surface area contributed by atoms with Crippen LogP contribution in [0.1, 0.15) is 37.8 Å². The summed E-state index contributed by atoms with van der Waals surface area (Å²) < 4.78 is 16.4. The highest BCUT2D eigenvalue weighted by molar-refractivity contribution is 5.84. The van der Waals surface area contributed by atoms with Gasteiger partial charge in [0, 0.05) is 25.8 Å². The number of rotatable bonds is 8. The SMILES string of the molecule is CCOc1ncc(C2(O)CCN(Cc3ccc4cc(OC)ccc4c3)CC2)c(OCC)n1. The molecule has 0 bridgehead atoms. The number of ether oxygens (including phenoxy) is 3. The number of nitrogens with zero attached hydrogens (tertiary/aromatic N) is 3. The van der Waals surface area contributed by atoms with Crippen molar-refractivity contribution in [1.82, 2.24) is 14.9 Å². The third-order valence-corrected chi connectivity index (χ3v) is 5.99. The summed E-state index contributed by atoms with van der Waals surface area (Å²) in [4.78, 5) is 11.0. The van der Waals surface area contributed by atoms with Gasteiger partial charge in [0.15, 0.2) is 0 Å². The van der Waals surface area contributed by atoms with Crippen molar-refractivity contribution >= 4 is 10.8 Å². The zero-order chi connectivity index (χ0) is 22.6. The maximum Gasteiger partial charge on any atom is 0.319 e. The van der Waals surface area contributed by atoms with Gasteiger partial charge >= 0.3 is 6.01 Å². The second kappa shape index (κ2) is 9.71. The third-order valence-electron chi connectivity index (χ3n) is 5.99. The molecule has 0 aliphatic carbocycles. The molecule has 0 saturated carbocycles. The number of likely N-dealkylation sites (tertiary alicyclic amines) is 1. The first-order valence-electron chi connectivity index (χ1n) is 11.2. The lowest BCUT2D eigenvalue weighted by molar-refractivity contribution is -0.0303.